The second-order valence-corrected chi connectivity index (χ2v) is 7.93. The van der Waals surface area contributed by atoms with Gasteiger partial charge in [0.1, 0.15) is 0 Å². The zero-order chi connectivity index (χ0) is 12.9. The number of hydrogen-bond acceptors (Lipinski definition) is 2. The van der Waals surface area contributed by atoms with Crippen LogP contribution in [0, 0.1) is 18.7 Å². The maximum atomic E-state index is 3.33. The first-order valence-electron chi connectivity index (χ1n) is 6.64. The van der Waals surface area contributed by atoms with Crippen LogP contribution in [0.3, 0.4) is 0 Å². The van der Waals surface area contributed by atoms with Gasteiger partial charge in [0.2, 0.25) is 0 Å². The van der Waals surface area contributed by atoms with Gasteiger partial charge in [0.25, 0.3) is 0 Å². The molecule has 0 atom stereocenters. The summed E-state index contributed by atoms with van der Waals surface area (Å²) in [5, 5.41) is 0. The molecule has 92 valence electrons. The Labute approximate surface area is 120 Å². The van der Waals surface area contributed by atoms with Crippen LogP contribution in [0.15, 0.2) is 0 Å². The normalized spacial score (nSPS) is 9.29. The predicted octanol–water partition coefficient (Wildman–Crippen LogP) is 1.67. The first kappa shape index (κ1) is 17.0. The molecule has 0 amide bonds. The first-order chi connectivity index (χ1) is 8.28. The van der Waals surface area contributed by atoms with Crippen molar-refractivity contribution in [2.75, 3.05) is 39.3 Å². The van der Waals surface area contributed by atoms with Crippen molar-refractivity contribution in [3.05, 3.63) is 0 Å². The van der Waals surface area contributed by atoms with Crippen LogP contribution in [0.2, 0.25) is 0 Å². The van der Waals surface area contributed by atoms with E-state index in [1.165, 1.54) is 0 Å². The van der Waals surface area contributed by atoms with Gasteiger partial charge in [-0.05, 0) is 0 Å². The molecule has 0 bridgehead atoms. The second kappa shape index (κ2) is 12.4. The molecular formula is C14H24HgN2. The van der Waals surface area contributed by atoms with Crippen molar-refractivity contribution in [1.82, 2.24) is 9.80 Å². The molecule has 3 heteroatoms. The number of hydrogen-bond donors (Lipinski definition) is 0. The summed E-state index contributed by atoms with van der Waals surface area (Å²) in [5.41, 5.74) is 0. The van der Waals surface area contributed by atoms with Gasteiger partial charge in [-0.3, -0.25) is 0 Å². The van der Waals surface area contributed by atoms with Crippen LogP contribution in [-0.2, 0) is 24.6 Å². The van der Waals surface area contributed by atoms with Crippen LogP contribution in [0.1, 0.15) is 27.7 Å². The third-order valence-electron chi connectivity index (χ3n) is 2.82. The molecule has 0 saturated heterocycles. The van der Waals surface area contributed by atoms with Gasteiger partial charge in [-0.2, -0.15) is 0 Å². The van der Waals surface area contributed by atoms with E-state index < -0.39 is 24.6 Å². The fraction of sp³-hybridized carbons (Fsp3) is 0.714. The Morgan fingerprint density at radius 2 is 1.06 bits per heavy atom. The fourth-order valence-electron chi connectivity index (χ4n) is 1.40. The average Bonchev–Trinajstić information content (AvgIpc) is 2.37. The van der Waals surface area contributed by atoms with Crippen molar-refractivity contribution >= 4 is 0 Å². The summed E-state index contributed by atoms with van der Waals surface area (Å²) in [6, 6.07) is 0. The van der Waals surface area contributed by atoms with Crippen LogP contribution in [0.4, 0.5) is 0 Å². The van der Waals surface area contributed by atoms with Crippen LogP contribution in [0.25, 0.3) is 0 Å². The van der Waals surface area contributed by atoms with Crippen LogP contribution >= 0.6 is 0 Å². The number of nitrogens with zero attached hydrogens (tertiary/aromatic N) is 2. The van der Waals surface area contributed by atoms with E-state index in [4.69, 9.17) is 0 Å². The molecule has 2 nitrogen and oxygen atoms in total. The Bertz CT molecular complexity index is 255. The van der Waals surface area contributed by atoms with E-state index in [2.05, 4.69) is 56.2 Å². The third-order valence-corrected chi connectivity index (χ3v) is 6.14. The van der Waals surface area contributed by atoms with Gasteiger partial charge in [0.05, 0.1) is 0 Å². The minimum atomic E-state index is -1.19. The fourth-order valence-corrected chi connectivity index (χ4v) is 3.58. The predicted molar refractivity (Wildman–Crippen MR) is 71.1 cm³/mol. The topological polar surface area (TPSA) is 6.48 Å². The molecule has 0 aromatic heterocycles. The Morgan fingerprint density at radius 3 is 1.35 bits per heavy atom. The van der Waals surface area contributed by atoms with Gasteiger partial charge in [0, 0.05) is 0 Å². The number of rotatable bonds is 6. The van der Waals surface area contributed by atoms with Crippen LogP contribution in [-0.4, -0.2) is 49.1 Å². The van der Waals surface area contributed by atoms with E-state index in [0.29, 0.717) is 0 Å². The van der Waals surface area contributed by atoms with Crippen molar-refractivity contribution in [3.63, 3.8) is 0 Å². The molecule has 0 spiro atoms. The van der Waals surface area contributed by atoms with Gasteiger partial charge >= 0.3 is 120 Å². The molecule has 0 N–H and O–H groups in total. The third kappa shape index (κ3) is 9.66. The van der Waals surface area contributed by atoms with Gasteiger partial charge < -0.3 is 0 Å². The maximum absolute atomic E-state index is 3.33. The molecule has 0 aliphatic rings. The molecule has 0 saturated carbocycles. The molecule has 0 aromatic carbocycles. The summed E-state index contributed by atoms with van der Waals surface area (Å²) >= 11 is -1.19. The second-order valence-electron chi connectivity index (χ2n) is 3.81. The quantitative estimate of drug-likeness (QED) is 0.476. The standard InChI is InChI=1S/2C7H12N.Hg/c2*1-4-7-8(5-2)6-3;/h2*5-7H2,2-3H3;. The van der Waals surface area contributed by atoms with Crippen LogP contribution < -0.4 is 0 Å². The Balaban J connectivity index is 3.76. The van der Waals surface area contributed by atoms with E-state index in [-0.39, 0.29) is 0 Å². The minimum absolute atomic E-state index is 0.921. The van der Waals surface area contributed by atoms with Gasteiger partial charge in [-0.25, -0.2) is 0 Å². The first-order valence-corrected chi connectivity index (χ1v) is 12.1. The monoisotopic (exact) mass is 422 g/mol. The SMILES string of the molecule is CCN(CC)CC#[C][Hg][C]#CCN(CC)CC. The summed E-state index contributed by atoms with van der Waals surface area (Å²) in [5.74, 6) is 6.52. The summed E-state index contributed by atoms with van der Waals surface area (Å²) in [6.07, 6.45) is 0. The Hall–Kier alpha value is -0.0249. The molecular weight excluding hydrogens is 397 g/mol. The van der Waals surface area contributed by atoms with Crippen molar-refractivity contribution in [3.8, 4) is 18.7 Å². The molecule has 0 fully saturated rings. The zero-order valence-electron chi connectivity index (χ0n) is 11.8. The van der Waals surface area contributed by atoms with Crippen LogP contribution in [0.5, 0.6) is 0 Å². The van der Waals surface area contributed by atoms with Gasteiger partial charge in [0.15, 0.2) is 0 Å². The van der Waals surface area contributed by atoms with Crippen molar-refractivity contribution in [2.45, 2.75) is 27.7 Å². The average molecular weight is 421 g/mol. The molecule has 17 heavy (non-hydrogen) atoms. The van der Waals surface area contributed by atoms with Crippen molar-refractivity contribution in [1.29, 1.82) is 0 Å². The van der Waals surface area contributed by atoms with E-state index in [1.807, 2.05) is 0 Å². The van der Waals surface area contributed by atoms with Crippen molar-refractivity contribution in [2.24, 2.45) is 0 Å². The molecule has 0 heterocycles. The summed E-state index contributed by atoms with van der Waals surface area (Å²) in [4.78, 5) is 4.67. The molecule has 0 unspecified atom stereocenters. The Kier molecular flexibility index (Phi) is 12.4. The van der Waals surface area contributed by atoms with Gasteiger partial charge in [-0.15, -0.1) is 0 Å². The molecule has 0 rings (SSSR count). The molecule has 0 radical (unpaired) electrons. The van der Waals surface area contributed by atoms with E-state index in [9.17, 15) is 0 Å². The molecule has 0 aromatic rings. The van der Waals surface area contributed by atoms with E-state index in [1.54, 1.807) is 0 Å². The summed E-state index contributed by atoms with van der Waals surface area (Å²) < 4.78 is 6.67. The van der Waals surface area contributed by atoms with E-state index >= 15 is 0 Å². The van der Waals surface area contributed by atoms with Crippen molar-refractivity contribution < 1.29 is 24.6 Å². The summed E-state index contributed by atoms with van der Waals surface area (Å²) in [6.45, 7) is 14.9. The molecule has 0 aliphatic heterocycles. The van der Waals surface area contributed by atoms with Gasteiger partial charge in [-0.1, -0.05) is 0 Å². The zero-order valence-corrected chi connectivity index (χ0v) is 17.3. The Morgan fingerprint density at radius 1 is 0.706 bits per heavy atom. The summed E-state index contributed by atoms with van der Waals surface area (Å²) in [7, 11) is 0. The van der Waals surface area contributed by atoms with E-state index in [0.717, 1.165) is 39.3 Å². The molecule has 0 aliphatic carbocycles.